The molecule has 0 aliphatic rings. The molecular weight excluding hydrogens is 215 g/mol. The van der Waals surface area contributed by atoms with Crippen molar-refractivity contribution in [1.29, 1.82) is 0 Å². The molecule has 0 bridgehead atoms. The molecule has 68 valence electrons. The van der Waals surface area contributed by atoms with E-state index in [9.17, 15) is 0 Å². The van der Waals surface area contributed by atoms with E-state index in [1.54, 1.807) is 12.4 Å². The smallest absolute Gasteiger partial charge is 0.870 e. The minimum atomic E-state index is -0.759. The van der Waals surface area contributed by atoms with E-state index in [-0.39, 0.29) is 5.48 Å². The van der Waals surface area contributed by atoms with E-state index < -0.39 is 21.8 Å². The molecule has 0 fully saturated rings. The molecule has 0 aliphatic heterocycles. The molecule has 0 aliphatic carbocycles. The largest absolute Gasteiger partial charge is 0.870 e. The summed E-state index contributed by atoms with van der Waals surface area (Å²) in [6.45, 7) is 7.02. The van der Waals surface area contributed by atoms with E-state index >= 15 is 0 Å². The van der Waals surface area contributed by atoms with Crippen molar-refractivity contribution in [1.82, 2.24) is 0 Å². The molecule has 0 atom stereocenters. The molecule has 1 nitrogen and oxygen atoms in total. The first-order valence-electron chi connectivity index (χ1n) is 4.68. The number of rotatable bonds is 6. The molecule has 0 unspecified atom stereocenters. The van der Waals surface area contributed by atoms with Gasteiger partial charge < -0.3 is 5.48 Å². The van der Waals surface area contributed by atoms with Crippen molar-refractivity contribution in [2.24, 2.45) is 0 Å². The zero-order valence-corrected chi connectivity index (χ0v) is 10.6. The molecule has 1 N–H and O–H groups in total. The van der Waals surface area contributed by atoms with Crippen molar-refractivity contribution in [2.75, 3.05) is 0 Å². The molecule has 0 rings (SSSR count). The van der Waals surface area contributed by atoms with Gasteiger partial charge in [-0.25, -0.2) is 0 Å². The van der Waals surface area contributed by atoms with Crippen LogP contribution in [0.2, 0.25) is 12.4 Å². The first kappa shape index (κ1) is 14.4. The minimum absolute atomic E-state index is 0. The normalized spacial score (nSPS) is 9.00. The van der Waals surface area contributed by atoms with Crippen LogP contribution >= 0.6 is 0 Å². The maximum Gasteiger partial charge on any atom is -0.870 e. The summed E-state index contributed by atoms with van der Waals surface area (Å²) in [4.78, 5) is 0. The van der Waals surface area contributed by atoms with Gasteiger partial charge in [0.1, 0.15) is 0 Å². The SMILES string of the molecule is CC[CH2][Zr+]([CH2]CC)[CH2]CC.[OH-]. The number of hydrogen-bond donors (Lipinski definition) is 0. The van der Waals surface area contributed by atoms with Crippen LogP contribution in [0.25, 0.3) is 0 Å². The van der Waals surface area contributed by atoms with Gasteiger partial charge in [-0.05, 0) is 0 Å². The van der Waals surface area contributed by atoms with Gasteiger partial charge in [0.15, 0.2) is 0 Å². The summed E-state index contributed by atoms with van der Waals surface area (Å²) in [5, 5.41) is 0. The maximum atomic E-state index is 2.34. The summed E-state index contributed by atoms with van der Waals surface area (Å²) in [7, 11) is 0. The Morgan fingerprint density at radius 1 is 0.727 bits per heavy atom. The summed E-state index contributed by atoms with van der Waals surface area (Å²) in [5.41, 5.74) is 0. The predicted octanol–water partition coefficient (Wildman–Crippen LogP) is 3.91. The van der Waals surface area contributed by atoms with Crippen LogP contribution in [0, 0.1) is 0 Å². The topological polar surface area (TPSA) is 30.0 Å². The van der Waals surface area contributed by atoms with Crippen molar-refractivity contribution in [3.63, 3.8) is 0 Å². The zero-order valence-electron chi connectivity index (χ0n) is 8.19. The Labute approximate surface area is 79.6 Å². The predicted molar refractivity (Wildman–Crippen MR) is 47.2 cm³/mol. The van der Waals surface area contributed by atoms with Crippen molar-refractivity contribution >= 4 is 0 Å². The summed E-state index contributed by atoms with van der Waals surface area (Å²) in [5.74, 6) is 0. The number of hydrogen-bond acceptors (Lipinski definition) is 1. The average molecular weight is 237 g/mol. The van der Waals surface area contributed by atoms with E-state index in [0.29, 0.717) is 0 Å². The van der Waals surface area contributed by atoms with Crippen molar-refractivity contribution in [3.8, 4) is 0 Å². The van der Waals surface area contributed by atoms with Crippen LogP contribution in [-0.4, -0.2) is 5.48 Å². The molecule has 0 aromatic rings. The second kappa shape index (κ2) is 10.8. The van der Waals surface area contributed by atoms with E-state index in [2.05, 4.69) is 20.8 Å². The Hall–Kier alpha value is 0.843. The summed E-state index contributed by atoms with van der Waals surface area (Å²) in [6.07, 6.45) is 4.36. The van der Waals surface area contributed by atoms with Gasteiger partial charge in [0.05, 0.1) is 0 Å². The van der Waals surface area contributed by atoms with E-state index in [0.717, 1.165) is 0 Å². The standard InChI is InChI=1S/3C3H7.H2O.Zr/c3*1-3-2;;/h3*1,3H2,2H3;1H2;/q;;;;+1/p-1. The molecule has 2 heteroatoms. The second-order valence-corrected chi connectivity index (χ2v) is 10.4. The molecule has 11 heavy (non-hydrogen) atoms. The monoisotopic (exact) mass is 236 g/mol. The molecule has 0 aromatic carbocycles. The van der Waals surface area contributed by atoms with E-state index in [1.165, 1.54) is 19.3 Å². The van der Waals surface area contributed by atoms with Crippen LogP contribution in [0.1, 0.15) is 40.0 Å². The van der Waals surface area contributed by atoms with E-state index in [4.69, 9.17) is 0 Å². The third-order valence-electron chi connectivity index (χ3n) is 1.81. The van der Waals surface area contributed by atoms with Crippen molar-refractivity contribution in [2.45, 2.75) is 52.4 Å². The molecular formula is C9H22OZr. The average Bonchev–Trinajstić information content (AvgIpc) is 1.90. The van der Waals surface area contributed by atoms with Gasteiger partial charge in [0.2, 0.25) is 0 Å². The fourth-order valence-corrected chi connectivity index (χ4v) is 8.49. The third-order valence-corrected chi connectivity index (χ3v) is 10.7. The van der Waals surface area contributed by atoms with E-state index in [1.807, 2.05) is 0 Å². The van der Waals surface area contributed by atoms with Crippen LogP contribution < -0.4 is 0 Å². The van der Waals surface area contributed by atoms with Gasteiger partial charge in [-0.1, -0.05) is 0 Å². The Kier molecular flexibility index (Phi) is 14.2. The van der Waals surface area contributed by atoms with Gasteiger partial charge in [0.25, 0.3) is 0 Å². The zero-order chi connectivity index (χ0) is 7.82. The molecule has 0 aromatic heterocycles. The van der Waals surface area contributed by atoms with Crippen LogP contribution in [0.3, 0.4) is 0 Å². The van der Waals surface area contributed by atoms with Gasteiger partial charge >= 0.3 is 74.2 Å². The summed E-state index contributed by atoms with van der Waals surface area (Å²) < 4.78 is 4.93. The van der Waals surface area contributed by atoms with Crippen molar-refractivity contribution in [3.05, 3.63) is 0 Å². The first-order valence-corrected chi connectivity index (χ1v) is 9.90. The van der Waals surface area contributed by atoms with Crippen LogP contribution in [0.15, 0.2) is 0 Å². The van der Waals surface area contributed by atoms with Gasteiger partial charge in [-0.15, -0.1) is 0 Å². The van der Waals surface area contributed by atoms with Gasteiger partial charge in [-0.2, -0.15) is 0 Å². The molecule has 0 spiro atoms. The Morgan fingerprint density at radius 2 is 1.00 bits per heavy atom. The minimum Gasteiger partial charge on any atom is -0.870 e. The molecule has 0 amide bonds. The fourth-order valence-electron chi connectivity index (χ4n) is 1.44. The van der Waals surface area contributed by atoms with Crippen molar-refractivity contribution < 1.29 is 27.2 Å². The maximum absolute atomic E-state index is 2.34. The molecule has 0 radical (unpaired) electrons. The molecule has 0 saturated heterocycles. The second-order valence-electron chi connectivity index (χ2n) is 3.00. The van der Waals surface area contributed by atoms with Crippen LogP contribution in [0.5, 0.6) is 0 Å². The molecule has 0 saturated carbocycles. The third kappa shape index (κ3) is 8.75. The first-order chi connectivity index (χ1) is 4.85. The molecule has 0 heterocycles. The summed E-state index contributed by atoms with van der Waals surface area (Å²) >= 11 is -0.759. The van der Waals surface area contributed by atoms with Crippen LogP contribution in [0.4, 0.5) is 0 Å². The summed E-state index contributed by atoms with van der Waals surface area (Å²) in [6, 6.07) is 0. The van der Waals surface area contributed by atoms with Crippen LogP contribution in [-0.2, 0) is 21.8 Å². The van der Waals surface area contributed by atoms with Gasteiger partial charge in [0, 0.05) is 0 Å². The van der Waals surface area contributed by atoms with Gasteiger partial charge in [-0.3, -0.25) is 0 Å². The Bertz CT molecular complexity index is 52.3. The quantitative estimate of drug-likeness (QED) is 0.689. The Balaban J connectivity index is 0. The fraction of sp³-hybridized carbons (Fsp3) is 1.00. The Morgan fingerprint density at radius 3 is 1.18 bits per heavy atom.